The molecule has 2 bridgehead atoms. The molecule has 37 heavy (non-hydrogen) atoms. The van der Waals surface area contributed by atoms with Crippen LogP contribution in [-0.2, 0) is 50.3 Å². The number of halogens is 1. The molecular formula is C27H29ClO9. The molecule has 2 saturated heterocycles. The van der Waals surface area contributed by atoms with Gasteiger partial charge in [0, 0.05) is 31.4 Å². The number of rotatable bonds is 8. The Morgan fingerprint density at radius 1 is 0.946 bits per heavy atom. The highest BCUT2D eigenvalue weighted by molar-refractivity contribution is 6.31. The number of esters is 3. The van der Waals surface area contributed by atoms with Crippen molar-refractivity contribution in [1.29, 1.82) is 0 Å². The molecule has 198 valence electrons. The van der Waals surface area contributed by atoms with E-state index in [0.29, 0.717) is 23.6 Å². The van der Waals surface area contributed by atoms with Gasteiger partial charge in [0.2, 0.25) is 11.9 Å². The Morgan fingerprint density at radius 3 is 2.22 bits per heavy atom. The Kier molecular flexibility index (Phi) is 8.06. The molecule has 2 aromatic carbocycles. The SMILES string of the molecule is CCOc1ccc(Cc2cc([C@]34OC[C@@H](O3)[C@@H](OC(C)=O)[C@H](OC(C)=O)[C@H]4OC(C)=O)ccc2Cl)cc1. The average Bonchev–Trinajstić information content (AvgIpc) is 3.24. The van der Waals surface area contributed by atoms with Crippen LogP contribution in [0.15, 0.2) is 42.5 Å². The summed E-state index contributed by atoms with van der Waals surface area (Å²) in [6, 6.07) is 12.9. The lowest BCUT2D eigenvalue weighted by molar-refractivity contribution is -0.309. The van der Waals surface area contributed by atoms with E-state index < -0.39 is 48.1 Å². The second-order valence-corrected chi connectivity index (χ2v) is 9.28. The van der Waals surface area contributed by atoms with Gasteiger partial charge in [-0.2, -0.15) is 0 Å². The zero-order chi connectivity index (χ0) is 26.7. The summed E-state index contributed by atoms with van der Waals surface area (Å²) in [5.41, 5.74) is 2.30. The Morgan fingerprint density at radius 2 is 1.59 bits per heavy atom. The van der Waals surface area contributed by atoms with E-state index in [9.17, 15) is 14.4 Å². The molecule has 5 atom stereocenters. The van der Waals surface area contributed by atoms with Crippen molar-refractivity contribution in [2.75, 3.05) is 13.2 Å². The van der Waals surface area contributed by atoms with E-state index in [1.807, 2.05) is 37.3 Å². The highest BCUT2D eigenvalue weighted by atomic mass is 35.5. The topological polar surface area (TPSA) is 107 Å². The van der Waals surface area contributed by atoms with Gasteiger partial charge in [-0.15, -0.1) is 0 Å². The predicted molar refractivity (Wildman–Crippen MR) is 131 cm³/mol. The third-order valence-corrected chi connectivity index (χ3v) is 6.49. The molecule has 0 spiro atoms. The minimum atomic E-state index is -1.61. The van der Waals surface area contributed by atoms with Crippen molar-refractivity contribution in [1.82, 2.24) is 0 Å². The number of carbonyl (C=O) groups excluding carboxylic acids is 3. The van der Waals surface area contributed by atoms with Gasteiger partial charge in [0.15, 0.2) is 12.2 Å². The number of benzene rings is 2. The lowest BCUT2D eigenvalue weighted by atomic mass is 9.88. The van der Waals surface area contributed by atoms with Crippen molar-refractivity contribution in [2.24, 2.45) is 0 Å². The van der Waals surface area contributed by atoms with Gasteiger partial charge in [0.05, 0.1) is 13.2 Å². The fraction of sp³-hybridized carbons (Fsp3) is 0.444. The van der Waals surface area contributed by atoms with E-state index in [4.69, 9.17) is 40.0 Å². The summed E-state index contributed by atoms with van der Waals surface area (Å²) in [6.45, 7) is 6.19. The highest BCUT2D eigenvalue weighted by Crippen LogP contribution is 2.48. The Labute approximate surface area is 219 Å². The zero-order valence-corrected chi connectivity index (χ0v) is 21.8. The number of hydrogen-bond donors (Lipinski definition) is 0. The fourth-order valence-electron chi connectivity index (χ4n) is 4.72. The summed E-state index contributed by atoms with van der Waals surface area (Å²) in [5.74, 6) is -2.72. The van der Waals surface area contributed by atoms with Crippen LogP contribution in [0.5, 0.6) is 5.75 Å². The predicted octanol–water partition coefficient (Wildman–Crippen LogP) is 3.71. The largest absolute Gasteiger partial charge is 0.494 e. The summed E-state index contributed by atoms with van der Waals surface area (Å²) in [6.07, 6.45) is -3.70. The van der Waals surface area contributed by atoms with Gasteiger partial charge in [0.1, 0.15) is 11.9 Å². The standard InChI is InChI=1S/C27H29ClO9/c1-5-32-21-9-6-18(7-10-21)12-19-13-20(8-11-22(19)28)27-26(36-17(4)31)25(35-16(3)30)24(34-15(2)29)23(37-27)14-33-27/h6-11,13,23-26H,5,12,14H2,1-4H3/t23-,24-,25+,26-,27+/m1/s1. The molecule has 2 heterocycles. The first-order valence-electron chi connectivity index (χ1n) is 12.0. The van der Waals surface area contributed by atoms with Crippen molar-refractivity contribution in [3.8, 4) is 5.75 Å². The smallest absolute Gasteiger partial charge is 0.303 e. The maximum absolute atomic E-state index is 12.1. The van der Waals surface area contributed by atoms with Crippen LogP contribution in [0.2, 0.25) is 5.02 Å². The second-order valence-electron chi connectivity index (χ2n) is 8.87. The van der Waals surface area contributed by atoms with Gasteiger partial charge in [-0.3, -0.25) is 14.4 Å². The quantitative estimate of drug-likeness (QED) is 0.371. The van der Waals surface area contributed by atoms with Crippen LogP contribution in [0.1, 0.15) is 44.4 Å². The number of fused-ring (bicyclic) bond motifs is 2. The molecule has 9 nitrogen and oxygen atoms in total. The van der Waals surface area contributed by atoms with Crippen LogP contribution in [0.4, 0.5) is 0 Å². The summed E-state index contributed by atoms with van der Waals surface area (Å²) in [5, 5.41) is 0.526. The van der Waals surface area contributed by atoms with Crippen LogP contribution in [0.3, 0.4) is 0 Å². The Bertz CT molecular complexity index is 1160. The van der Waals surface area contributed by atoms with Gasteiger partial charge in [-0.05, 0) is 48.7 Å². The number of hydrogen-bond acceptors (Lipinski definition) is 9. The molecule has 0 aliphatic carbocycles. The molecule has 10 heteroatoms. The molecular weight excluding hydrogens is 504 g/mol. The molecule has 4 rings (SSSR count). The molecule has 2 aliphatic rings. The van der Waals surface area contributed by atoms with Crippen molar-refractivity contribution in [3.63, 3.8) is 0 Å². The highest BCUT2D eigenvalue weighted by Gasteiger charge is 2.65. The first kappa shape index (κ1) is 26.9. The van der Waals surface area contributed by atoms with Gasteiger partial charge < -0.3 is 28.4 Å². The Hall–Kier alpha value is -3.14. The monoisotopic (exact) mass is 532 g/mol. The zero-order valence-electron chi connectivity index (χ0n) is 21.0. The number of ether oxygens (including phenoxy) is 6. The molecule has 0 aromatic heterocycles. The maximum atomic E-state index is 12.1. The minimum absolute atomic E-state index is 0.0182. The average molecular weight is 533 g/mol. The molecule has 0 unspecified atom stereocenters. The van der Waals surface area contributed by atoms with Gasteiger partial charge in [-0.1, -0.05) is 29.8 Å². The summed E-state index contributed by atoms with van der Waals surface area (Å²) in [4.78, 5) is 36.0. The maximum Gasteiger partial charge on any atom is 0.303 e. The first-order valence-corrected chi connectivity index (χ1v) is 12.3. The molecule has 0 amide bonds. The number of carbonyl (C=O) groups is 3. The van der Waals surface area contributed by atoms with E-state index >= 15 is 0 Å². The van der Waals surface area contributed by atoms with Gasteiger partial charge in [-0.25, -0.2) is 0 Å². The van der Waals surface area contributed by atoms with Crippen LogP contribution in [0.25, 0.3) is 0 Å². The second kappa shape index (κ2) is 11.1. The molecule has 2 aliphatic heterocycles. The van der Waals surface area contributed by atoms with Crippen LogP contribution < -0.4 is 4.74 Å². The van der Waals surface area contributed by atoms with E-state index in [1.165, 1.54) is 20.8 Å². The van der Waals surface area contributed by atoms with E-state index in [-0.39, 0.29) is 6.61 Å². The molecule has 0 saturated carbocycles. The third-order valence-electron chi connectivity index (χ3n) is 6.13. The molecule has 0 radical (unpaired) electrons. The first-order chi connectivity index (χ1) is 17.6. The van der Waals surface area contributed by atoms with Crippen LogP contribution in [-0.4, -0.2) is 55.5 Å². The van der Waals surface area contributed by atoms with E-state index in [0.717, 1.165) is 16.9 Å². The van der Waals surface area contributed by atoms with Gasteiger partial charge >= 0.3 is 17.9 Å². The van der Waals surface area contributed by atoms with E-state index in [1.54, 1.807) is 12.1 Å². The lowest BCUT2D eigenvalue weighted by Gasteiger charge is -2.45. The molecule has 0 N–H and O–H groups in total. The minimum Gasteiger partial charge on any atom is -0.494 e. The van der Waals surface area contributed by atoms with Crippen molar-refractivity contribution in [3.05, 3.63) is 64.2 Å². The summed E-state index contributed by atoms with van der Waals surface area (Å²) < 4.78 is 34.5. The van der Waals surface area contributed by atoms with Crippen LogP contribution in [0, 0.1) is 0 Å². The Balaban J connectivity index is 1.72. The summed E-state index contributed by atoms with van der Waals surface area (Å²) >= 11 is 6.55. The van der Waals surface area contributed by atoms with Crippen LogP contribution >= 0.6 is 11.6 Å². The van der Waals surface area contributed by atoms with E-state index in [2.05, 4.69) is 0 Å². The van der Waals surface area contributed by atoms with Gasteiger partial charge in [0.25, 0.3) is 0 Å². The normalized spacial score (nSPS) is 26.3. The third kappa shape index (κ3) is 5.74. The summed E-state index contributed by atoms with van der Waals surface area (Å²) in [7, 11) is 0. The van der Waals surface area contributed by atoms with Crippen molar-refractivity contribution in [2.45, 2.75) is 64.3 Å². The fourth-order valence-corrected chi connectivity index (χ4v) is 4.91. The van der Waals surface area contributed by atoms with Crippen molar-refractivity contribution >= 4 is 29.5 Å². The molecule has 2 aromatic rings. The lowest BCUT2D eigenvalue weighted by Crippen LogP contribution is -2.62. The van der Waals surface area contributed by atoms with Crippen molar-refractivity contribution < 1.29 is 42.8 Å². The molecule has 2 fully saturated rings.